The highest BCUT2D eigenvalue weighted by molar-refractivity contribution is 5.02. The van der Waals surface area contributed by atoms with Crippen molar-refractivity contribution in [2.75, 3.05) is 19.7 Å². The first kappa shape index (κ1) is 9.47. The minimum Gasteiger partial charge on any atom is -0.372 e. The predicted molar refractivity (Wildman–Crippen MR) is 53.7 cm³/mol. The molecule has 76 valence electrons. The van der Waals surface area contributed by atoms with Crippen LogP contribution >= 0.6 is 0 Å². The van der Waals surface area contributed by atoms with Crippen LogP contribution in [0.1, 0.15) is 33.6 Å². The van der Waals surface area contributed by atoms with Crippen molar-refractivity contribution < 1.29 is 4.74 Å². The van der Waals surface area contributed by atoms with E-state index >= 15 is 0 Å². The normalized spacial score (nSPS) is 37.8. The smallest absolute Gasteiger partial charge is 0.0935 e. The first-order valence-electron chi connectivity index (χ1n) is 5.41. The first-order valence-corrected chi connectivity index (χ1v) is 5.41. The van der Waals surface area contributed by atoms with E-state index in [0.29, 0.717) is 5.41 Å². The lowest BCUT2D eigenvalue weighted by molar-refractivity contribution is -0.157. The second-order valence-corrected chi connectivity index (χ2v) is 5.37. The van der Waals surface area contributed by atoms with E-state index in [1.54, 1.807) is 0 Å². The Hall–Kier alpha value is -0.0800. The van der Waals surface area contributed by atoms with E-state index in [4.69, 9.17) is 4.74 Å². The van der Waals surface area contributed by atoms with Crippen molar-refractivity contribution in [1.82, 2.24) is 5.32 Å². The van der Waals surface area contributed by atoms with Gasteiger partial charge in [-0.15, -0.1) is 0 Å². The van der Waals surface area contributed by atoms with Crippen LogP contribution in [0, 0.1) is 11.3 Å². The van der Waals surface area contributed by atoms with Gasteiger partial charge in [0, 0.05) is 19.7 Å². The van der Waals surface area contributed by atoms with E-state index in [2.05, 4.69) is 26.1 Å². The van der Waals surface area contributed by atoms with Crippen LogP contribution in [0.4, 0.5) is 0 Å². The highest BCUT2D eigenvalue weighted by Crippen LogP contribution is 2.45. The summed E-state index contributed by atoms with van der Waals surface area (Å²) in [5.74, 6) is 0.772. The Morgan fingerprint density at radius 1 is 1.31 bits per heavy atom. The Balaban J connectivity index is 2.06. The highest BCUT2D eigenvalue weighted by Gasteiger charge is 2.48. The minimum atomic E-state index is 0.206. The molecule has 0 aromatic heterocycles. The number of hydrogen-bond donors (Lipinski definition) is 1. The van der Waals surface area contributed by atoms with Gasteiger partial charge in [-0.25, -0.2) is 0 Å². The molecule has 2 aliphatic heterocycles. The fourth-order valence-corrected chi connectivity index (χ4v) is 2.50. The molecule has 2 saturated heterocycles. The SMILES string of the molecule is CC(C)C1(C)CCOC2(CNC2)C1. The number of nitrogens with one attached hydrogen (secondary N) is 1. The third-order valence-corrected chi connectivity index (χ3v) is 4.10. The molecule has 0 saturated carbocycles. The van der Waals surface area contributed by atoms with E-state index in [1.807, 2.05) is 0 Å². The van der Waals surface area contributed by atoms with E-state index in [-0.39, 0.29) is 5.60 Å². The van der Waals surface area contributed by atoms with Gasteiger partial charge in [-0.3, -0.25) is 0 Å². The lowest BCUT2D eigenvalue weighted by atomic mass is 9.66. The monoisotopic (exact) mass is 183 g/mol. The Morgan fingerprint density at radius 2 is 2.00 bits per heavy atom. The largest absolute Gasteiger partial charge is 0.372 e. The molecule has 0 bridgehead atoms. The summed E-state index contributed by atoms with van der Waals surface area (Å²) < 4.78 is 5.88. The number of hydrogen-bond acceptors (Lipinski definition) is 2. The summed E-state index contributed by atoms with van der Waals surface area (Å²) in [5.41, 5.74) is 0.706. The topological polar surface area (TPSA) is 21.3 Å². The summed E-state index contributed by atoms with van der Waals surface area (Å²) in [6.45, 7) is 10.2. The second-order valence-electron chi connectivity index (χ2n) is 5.37. The average molecular weight is 183 g/mol. The predicted octanol–water partition coefficient (Wildman–Crippen LogP) is 1.80. The zero-order valence-corrected chi connectivity index (χ0v) is 9.02. The summed E-state index contributed by atoms with van der Waals surface area (Å²) in [4.78, 5) is 0. The minimum absolute atomic E-state index is 0.206. The molecule has 1 spiro atoms. The van der Waals surface area contributed by atoms with Crippen LogP contribution in [0.5, 0.6) is 0 Å². The quantitative estimate of drug-likeness (QED) is 0.669. The Labute approximate surface area is 81.0 Å². The maximum atomic E-state index is 5.88. The maximum Gasteiger partial charge on any atom is 0.0935 e. The molecule has 2 aliphatic rings. The van der Waals surface area contributed by atoms with E-state index in [0.717, 1.165) is 25.6 Å². The molecule has 1 N–H and O–H groups in total. The van der Waals surface area contributed by atoms with Gasteiger partial charge in [-0.1, -0.05) is 20.8 Å². The standard InChI is InChI=1S/C11H21NO/c1-9(2)10(3)4-5-13-11(6-10)7-12-8-11/h9,12H,4-8H2,1-3H3. The van der Waals surface area contributed by atoms with Gasteiger partial charge in [0.05, 0.1) is 5.60 Å². The van der Waals surface area contributed by atoms with Crippen LogP contribution in [0.25, 0.3) is 0 Å². The molecule has 0 amide bonds. The van der Waals surface area contributed by atoms with Crippen LogP contribution in [0.2, 0.25) is 0 Å². The van der Waals surface area contributed by atoms with Crippen molar-refractivity contribution in [2.45, 2.75) is 39.2 Å². The summed E-state index contributed by atoms with van der Waals surface area (Å²) in [5, 5.41) is 3.32. The van der Waals surface area contributed by atoms with E-state index < -0.39 is 0 Å². The molecule has 0 radical (unpaired) electrons. The van der Waals surface area contributed by atoms with E-state index in [9.17, 15) is 0 Å². The average Bonchev–Trinajstić information content (AvgIpc) is 2.01. The van der Waals surface area contributed by atoms with Crippen molar-refractivity contribution in [3.8, 4) is 0 Å². The molecular formula is C11H21NO. The Bertz CT molecular complexity index is 198. The lowest BCUT2D eigenvalue weighted by Gasteiger charge is -2.53. The molecule has 1 unspecified atom stereocenters. The highest BCUT2D eigenvalue weighted by atomic mass is 16.5. The van der Waals surface area contributed by atoms with Crippen molar-refractivity contribution in [3.63, 3.8) is 0 Å². The van der Waals surface area contributed by atoms with Gasteiger partial charge in [-0.2, -0.15) is 0 Å². The molecule has 0 aromatic rings. The van der Waals surface area contributed by atoms with Crippen LogP contribution in [-0.4, -0.2) is 25.3 Å². The lowest BCUT2D eigenvalue weighted by Crippen LogP contribution is -2.65. The van der Waals surface area contributed by atoms with Gasteiger partial charge in [0.15, 0.2) is 0 Å². The van der Waals surface area contributed by atoms with Crippen LogP contribution in [0.3, 0.4) is 0 Å². The Kier molecular flexibility index (Phi) is 2.16. The fourth-order valence-electron chi connectivity index (χ4n) is 2.50. The first-order chi connectivity index (χ1) is 6.06. The van der Waals surface area contributed by atoms with Gasteiger partial charge < -0.3 is 10.1 Å². The zero-order chi connectivity index (χ0) is 9.53. The van der Waals surface area contributed by atoms with Gasteiger partial charge in [-0.05, 0) is 24.2 Å². The molecular weight excluding hydrogens is 162 g/mol. The third kappa shape index (κ3) is 1.50. The van der Waals surface area contributed by atoms with Crippen LogP contribution in [0.15, 0.2) is 0 Å². The van der Waals surface area contributed by atoms with Gasteiger partial charge in [0.2, 0.25) is 0 Å². The van der Waals surface area contributed by atoms with Gasteiger partial charge in [0.1, 0.15) is 0 Å². The molecule has 1 atom stereocenters. The summed E-state index contributed by atoms with van der Waals surface area (Å²) in [7, 11) is 0. The third-order valence-electron chi connectivity index (χ3n) is 4.10. The van der Waals surface area contributed by atoms with Crippen molar-refractivity contribution >= 4 is 0 Å². The van der Waals surface area contributed by atoms with Crippen LogP contribution in [-0.2, 0) is 4.74 Å². The molecule has 2 rings (SSSR count). The molecule has 0 aliphatic carbocycles. The number of ether oxygens (including phenoxy) is 1. The number of rotatable bonds is 1. The molecule has 2 heteroatoms. The van der Waals surface area contributed by atoms with Gasteiger partial charge >= 0.3 is 0 Å². The summed E-state index contributed by atoms with van der Waals surface area (Å²) in [6, 6.07) is 0. The Morgan fingerprint density at radius 3 is 2.46 bits per heavy atom. The second kappa shape index (κ2) is 2.96. The van der Waals surface area contributed by atoms with Crippen molar-refractivity contribution in [3.05, 3.63) is 0 Å². The van der Waals surface area contributed by atoms with E-state index in [1.165, 1.54) is 12.8 Å². The molecule has 2 heterocycles. The van der Waals surface area contributed by atoms with Crippen LogP contribution < -0.4 is 5.32 Å². The zero-order valence-electron chi connectivity index (χ0n) is 9.02. The van der Waals surface area contributed by atoms with Crippen molar-refractivity contribution in [2.24, 2.45) is 11.3 Å². The molecule has 13 heavy (non-hydrogen) atoms. The van der Waals surface area contributed by atoms with Crippen molar-refractivity contribution in [1.29, 1.82) is 0 Å². The molecule has 2 fully saturated rings. The molecule has 2 nitrogen and oxygen atoms in total. The molecule has 0 aromatic carbocycles. The van der Waals surface area contributed by atoms with Gasteiger partial charge in [0.25, 0.3) is 0 Å². The fraction of sp³-hybridized carbons (Fsp3) is 1.00. The maximum absolute atomic E-state index is 5.88. The summed E-state index contributed by atoms with van der Waals surface area (Å²) in [6.07, 6.45) is 2.47. The summed E-state index contributed by atoms with van der Waals surface area (Å²) >= 11 is 0.